The maximum Gasteiger partial charge on any atom is 0.162 e. The Bertz CT molecular complexity index is 2510. The maximum atomic E-state index is 5.38. The standard InChI is InChI=1S/C42H27N3/c1-4-13-28(14-5-1)33-23-24-37-35(25-33)42(44-41(43-37)30-17-8-3-9-18-30)45-38-22-12-21-34(29-15-6-2-7-16-29)40(38)36-26-31-19-10-11-20-32(31)27-39(36)45/h1-27H. The van der Waals surface area contributed by atoms with Crippen molar-refractivity contribution < 1.29 is 0 Å². The minimum atomic E-state index is 0.709. The molecule has 7 aromatic carbocycles. The molecule has 0 spiro atoms. The van der Waals surface area contributed by atoms with Crippen LogP contribution < -0.4 is 0 Å². The third-order valence-electron chi connectivity index (χ3n) is 8.77. The van der Waals surface area contributed by atoms with Crippen LogP contribution in [0, 0.1) is 0 Å². The molecule has 0 unspecified atom stereocenters. The van der Waals surface area contributed by atoms with E-state index in [1.54, 1.807) is 0 Å². The van der Waals surface area contributed by atoms with Crippen molar-refractivity contribution in [2.75, 3.05) is 0 Å². The van der Waals surface area contributed by atoms with Gasteiger partial charge in [-0.3, -0.25) is 4.57 Å². The van der Waals surface area contributed by atoms with Crippen molar-refractivity contribution in [3.8, 4) is 39.5 Å². The minimum Gasteiger partial charge on any atom is -0.293 e. The molecule has 0 N–H and O–H groups in total. The summed E-state index contributed by atoms with van der Waals surface area (Å²) >= 11 is 0. The van der Waals surface area contributed by atoms with Crippen LogP contribution in [-0.2, 0) is 0 Å². The summed E-state index contributed by atoms with van der Waals surface area (Å²) in [6.07, 6.45) is 0. The summed E-state index contributed by atoms with van der Waals surface area (Å²) < 4.78 is 2.36. The van der Waals surface area contributed by atoms with Crippen molar-refractivity contribution in [3.05, 3.63) is 164 Å². The first-order valence-electron chi connectivity index (χ1n) is 15.3. The van der Waals surface area contributed by atoms with E-state index in [-0.39, 0.29) is 0 Å². The predicted molar refractivity (Wildman–Crippen MR) is 188 cm³/mol. The van der Waals surface area contributed by atoms with Gasteiger partial charge in [-0.2, -0.15) is 0 Å². The zero-order valence-corrected chi connectivity index (χ0v) is 24.4. The Morgan fingerprint density at radius 2 is 1.04 bits per heavy atom. The summed E-state index contributed by atoms with van der Waals surface area (Å²) in [4.78, 5) is 10.5. The molecule has 0 saturated heterocycles. The lowest BCUT2D eigenvalue weighted by molar-refractivity contribution is 1.08. The second-order valence-electron chi connectivity index (χ2n) is 11.5. The van der Waals surface area contributed by atoms with Gasteiger partial charge in [-0.05, 0) is 63.4 Å². The molecule has 0 amide bonds. The van der Waals surface area contributed by atoms with Crippen LogP contribution in [0.4, 0.5) is 0 Å². The molecule has 3 nitrogen and oxygen atoms in total. The van der Waals surface area contributed by atoms with E-state index in [9.17, 15) is 0 Å². The molecule has 2 aromatic heterocycles. The summed E-state index contributed by atoms with van der Waals surface area (Å²) in [5.41, 5.74) is 8.84. The molecular formula is C42H27N3. The van der Waals surface area contributed by atoms with E-state index in [1.807, 2.05) is 18.2 Å². The van der Waals surface area contributed by atoms with Crippen LogP contribution >= 0.6 is 0 Å². The molecule has 9 aromatic rings. The van der Waals surface area contributed by atoms with Crippen LogP contribution in [0.2, 0.25) is 0 Å². The Hall–Kier alpha value is -6.06. The first-order valence-corrected chi connectivity index (χ1v) is 15.3. The monoisotopic (exact) mass is 573 g/mol. The summed E-state index contributed by atoms with van der Waals surface area (Å²) in [5, 5.41) is 5.85. The number of hydrogen-bond acceptors (Lipinski definition) is 2. The Kier molecular flexibility index (Phi) is 5.82. The SMILES string of the molecule is c1ccc(-c2ccc3nc(-c4ccccc4)nc(-n4c5cc6ccccc6cc5c5c(-c6ccccc6)cccc54)c3c2)cc1. The van der Waals surface area contributed by atoms with Gasteiger partial charge >= 0.3 is 0 Å². The van der Waals surface area contributed by atoms with E-state index in [2.05, 4.69) is 150 Å². The summed E-state index contributed by atoms with van der Waals surface area (Å²) in [6.45, 7) is 0. The highest BCUT2D eigenvalue weighted by atomic mass is 15.1. The number of nitrogens with zero attached hydrogens (tertiary/aromatic N) is 3. The van der Waals surface area contributed by atoms with Gasteiger partial charge in [0.25, 0.3) is 0 Å². The normalized spacial score (nSPS) is 11.6. The summed E-state index contributed by atoms with van der Waals surface area (Å²) in [6, 6.07) is 57.9. The van der Waals surface area contributed by atoms with Crippen LogP contribution in [0.1, 0.15) is 0 Å². The van der Waals surface area contributed by atoms with Crippen LogP contribution in [0.3, 0.4) is 0 Å². The highest BCUT2D eigenvalue weighted by Gasteiger charge is 2.21. The fourth-order valence-corrected chi connectivity index (χ4v) is 6.65. The fourth-order valence-electron chi connectivity index (χ4n) is 6.65. The highest BCUT2D eigenvalue weighted by Crippen LogP contribution is 2.41. The lowest BCUT2D eigenvalue weighted by Crippen LogP contribution is -2.03. The van der Waals surface area contributed by atoms with Gasteiger partial charge in [-0.1, -0.05) is 133 Å². The largest absolute Gasteiger partial charge is 0.293 e. The second kappa shape index (κ2) is 10.3. The maximum absolute atomic E-state index is 5.38. The summed E-state index contributed by atoms with van der Waals surface area (Å²) in [7, 11) is 0. The summed E-state index contributed by atoms with van der Waals surface area (Å²) in [5.74, 6) is 1.58. The van der Waals surface area contributed by atoms with Crippen molar-refractivity contribution in [3.63, 3.8) is 0 Å². The van der Waals surface area contributed by atoms with Gasteiger partial charge in [0.2, 0.25) is 0 Å². The Balaban J connectivity index is 1.45. The van der Waals surface area contributed by atoms with E-state index in [0.717, 1.165) is 44.4 Å². The number of rotatable bonds is 4. The molecule has 0 atom stereocenters. The third-order valence-corrected chi connectivity index (χ3v) is 8.77. The second-order valence-corrected chi connectivity index (χ2v) is 11.5. The van der Waals surface area contributed by atoms with E-state index < -0.39 is 0 Å². The number of fused-ring (bicyclic) bond motifs is 5. The molecule has 0 fully saturated rings. The minimum absolute atomic E-state index is 0.709. The van der Waals surface area contributed by atoms with Gasteiger partial charge in [0.1, 0.15) is 5.82 Å². The molecule has 3 heteroatoms. The topological polar surface area (TPSA) is 30.7 Å². The van der Waals surface area contributed by atoms with Gasteiger partial charge < -0.3 is 0 Å². The Morgan fingerprint density at radius 1 is 0.400 bits per heavy atom. The molecule has 0 aliphatic rings. The van der Waals surface area contributed by atoms with Crippen molar-refractivity contribution in [1.82, 2.24) is 14.5 Å². The first-order chi connectivity index (χ1) is 22.3. The van der Waals surface area contributed by atoms with E-state index in [1.165, 1.54) is 32.7 Å². The predicted octanol–water partition coefficient (Wildman–Crippen LogP) is 10.9. The molecule has 210 valence electrons. The van der Waals surface area contributed by atoms with Crippen molar-refractivity contribution in [1.29, 1.82) is 0 Å². The van der Waals surface area contributed by atoms with Crippen molar-refractivity contribution >= 4 is 43.5 Å². The van der Waals surface area contributed by atoms with Gasteiger partial charge in [0.05, 0.1) is 16.6 Å². The average molecular weight is 574 g/mol. The number of aromatic nitrogens is 3. The van der Waals surface area contributed by atoms with E-state index >= 15 is 0 Å². The molecule has 0 bridgehead atoms. The van der Waals surface area contributed by atoms with Crippen molar-refractivity contribution in [2.24, 2.45) is 0 Å². The molecule has 0 aliphatic carbocycles. The molecular weight excluding hydrogens is 546 g/mol. The van der Waals surface area contributed by atoms with E-state index in [0.29, 0.717) is 5.82 Å². The average Bonchev–Trinajstić information content (AvgIpc) is 3.44. The third kappa shape index (κ3) is 4.21. The number of benzene rings is 7. The zero-order chi connectivity index (χ0) is 29.7. The molecule has 0 aliphatic heterocycles. The quantitative estimate of drug-likeness (QED) is 0.210. The lowest BCUT2D eigenvalue weighted by Gasteiger charge is -2.14. The highest BCUT2D eigenvalue weighted by molar-refractivity contribution is 6.19. The zero-order valence-electron chi connectivity index (χ0n) is 24.4. The lowest BCUT2D eigenvalue weighted by atomic mass is 9.98. The van der Waals surface area contributed by atoms with Gasteiger partial charge in [-0.15, -0.1) is 0 Å². The number of hydrogen-bond donors (Lipinski definition) is 0. The Labute approximate surface area is 260 Å². The van der Waals surface area contributed by atoms with Gasteiger partial charge in [0.15, 0.2) is 5.82 Å². The molecule has 0 saturated carbocycles. The fraction of sp³-hybridized carbons (Fsp3) is 0. The van der Waals surface area contributed by atoms with Gasteiger partial charge in [-0.25, -0.2) is 9.97 Å². The van der Waals surface area contributed by atoms with Crippen LogP contribution in [0.25, 0.3) is 82.9 Å². The van der Waals surface area contributed by atoms with Crippen LogP contribution in [-0.4, -0.2) is 14.5 Å². The Morgan fingerprint density at radius 3 is 1.78 bits per heavy atom. The molecule has 2 heterocycles. The van der Waals surface area contributed by atoms with Crippen LogP contribution in [0.15, 0.2) is 164 Å². The van der Waals surface area contributed by atoms with Crippen LogP contribution in [0.5, 0.6) is 0 Å². The van der Waals surface area contributed by atoms with Crippen molar-refractivity contribution in [2.45, 2.75) is 0 Å². The van der Waals surface area contributed by atoms with E-state index in [4.69, 9.17) is 9.97 Å². The first kappa shape index (κ1) is 25.4. The molecule has 0 radical (unpaired) electrons. The smallest absolute Gasteiger partial charge is 0.162 e. The molecule has 45 heavy (non-hydrogen) atoms. The molecule has 9 rings (SSSR count). The van der Waals surface area contributed by atoms with Gasteiger partial charge in [0, 0.05) is 21.7 Å².